The van der Waals surface area contributed by atoms with Crippen LogP contribution >= 0.6 is 15.9 Å². The number of para-hydroxylation sites is 1. The molecule has 1 aromatic heterocycles. The van der Waals surface area contributed by atoms with Crippen molar-refractivity contribution >= 4 is 49.5 Å². The van der Waals surface area contributed by atoms with Crippen molar-refractivity contribution in [3.05, 3.63) is 76.0 Å². The Bertz CT molecular complexity index is 1340. The third kappa shape index (κ3) is 5.09. The fourth-order valence-electron chi connectivity index (χ4n) is 3.87. The number of fused-ring (bicyclic) bond motifs is 2. The van der Waals surface area contributed by atoms with Crippen LogP contribution < -0.4 is 10.1 Å². The summed E-state index contributed by atoms with van der Waals surface area (Å²) in [7, 11) is 1.32. The summed E-state index contributed by atoms with van der Waals surface area (Å²) in [4.78, 5) is 24.5. The average molecular weight is 524 g/mol. The highest BCUT2D eigenvalue weighted by Crippen LogP contribution is 2.34. The molecule has 0 saturated carbocycles. The number of hydrogen-bond acceptors (Lipinski definition) is 5. The fourth-order valence-corrected chi connectivity index (χ4v) is 4.48. The molecule has 0 aliphatic heterocycles. The molecule has 0 aliphatic rings. The second-order valence-electron chi connectivity index (χ2n) is 7.98. The molecule has 0 saturated heterocycles. The maximum atomic E-state index is 13.2. The van der Waals surface area contributed by atoms with E-state index >= 15 is 0 Å². The van der Waals surface area contributed by atoms with Gasteiger partial charge in [0.15, 0.2) is 6.61 Å². The van der Waals surface area contributed by atoms with E-state index in [-0.39, 0.29) is 12.5 Å². The predicted molar refractivity (Wildman–Crippen MR) is 135 cm³/mol. The second kappa shape index (κ2) is 10.7. The van der Waals surface area contributed by atoms with Gasteiger partial charge in [0.05, 0.1) is 17.1 Å². The fraction of sp³-hybridized carbons (Fsp3) is 0.259. The lowest BCUT2D eigenvalue weighted by Crippen LogP contribution is -2.23. The number of esters is 1. The van der Waals surface area contributed by atoms with Crippen molar-refractivity contribution in [2.45, 2.75) is 32.7 Å². The van der Waals surface area contributed by atoms with Gasteiger partial charge in [-0.05, 0) is 56.9 Å². The van der Waals surface area contributed by atoms with Crippen LogP contribution in [-0.4, -0.2) is 25.6 Å². The monoisotopic (exact) mass is 523 g/mol. The lowest BCUT2D eigenvalue weighted by molar-refractivity contribution is -0.142. The van der Waals surface area contributed by atoms with Crippen LogP contribution in [-0.2, 0) is 22.5 Å². The van der Waals surface area contributed by atoms with E-state index in [9.17, 15) is 9.59 Å². The van der Waals surface area contributed by atoms with Gasteiger partial charge in [-0.15, -0.1) is 0 Å². The van der Waals surface area contributed by atoms with Gasteiger partial charge in [0.25, 0.3) is 5.91 Å². The van der Waals surface area contributed by atoms with E-state index < -0.39 is 5.97 Å². The standard InChI is InChI=1S/C27H26BrNO5/c1-3-4-8-22-25(20-7-5-6-9-21(20)34-22)27(31)29-15-17-10-12-19-18(14-17)11-13-23(26(19)28)33-16-24(30)32-2/h5-7,9-14H,3-4,8,15-16H2,1-2H3,(H,29,31). The molecule has 6 nitrogen and oxygen atoms in total. The number of carbonyl (C=O) groups excluding carboxylic acids is 2. The molecule has 1 heterocycles. The van der Waals surface area contributed by atoms with Crippen LogP contribution in [0, 0.1) is 0 Å². The Labute approximate surface area is 206 Å². The lowest BCUT2D eigenvalue weighted by atomic mass is 10.1. The van der Waals surface area contributed by atoms with Gasteiger partial charge >= 0.3 is 5.97 Å². The van der Waals surface area contributed by atoms with Crippen LogP contribution in [0.15, 0.2) is 63.5 Å². The molecule has 0 unspecified atom stereocenters. The maximum Gasteiger partial charge on any atom is 0.343 e. The zero-order valence-corrected chi connectivity index (χ0v) is 20.7. The van der Waals surface area contributed by atoms with E-state index in [1.165, 1.54) is 7.11 Å². The molecule has 4 rings (SSSR count). The van der Waals surface area contributed by atoms with Gasteiger partial charge in [-0.3, -0.25) is 4.79 Å². The molecule has 1 amide bonds. The minimum absolute atomic E-state index is 0.135. The van der Waals surface area contributed by atoms with Crippen molar-refractivity contribution in [2.24, 2.45) is 0 Å². The van der Waals surface area contributed by atoms with Gasteiger partial charge in [0.1, 0.15) is 17.1 Å². The summed E-state index contributed by atoms with van der Waals surface area (Å²) in [6, 6.07) is 17.3. The molecule has 4 aromatic rings. The smallest absolute Gasteiger partial charge is 0.343 e. The highest BCUT2D eigenvalue weighted by Gasteiger charge is 2.20. The van der Waals surface area contributed by atoms with Gasteiger partial charge < -0.3 is 19.2 Å². The number of halogens is 1. The van der Waals surface area contributed by atoms with Crippen LogP contribution in [0.1, 0.15) is 41.4 Å². The number of nitrogens with one attached hydrogen (secondary N) is 1. The molecule has 0 atom stereocenters. The van der Waals surface area contributed by atoms with Crippen LogP contribution in [0.3, 0.4) is 0 Å². The van der Waals surface area contributed by atoms with Crippen molar-refractivity contribution in [1.29, 1.82) is 0 Å². The quantitative estimate of drug-likeness (QED) is 0.265. The summed E-state index contributed by atoms with van der Waals surface area (Å²) in [5.74, 6) is 0.720. The van der Waals surface area contributed by atoms with E-state index in [4.69, 9.17) is 9.15 Å². The number of unbranched alkanes of at least 4 members (excludes halogenated alkanes) is 1. The molecule has 0 bridgehead atoms. The molecule has 0 fully saturated rings. The first-order valence-electron chi connectivity index (χ1n) is 11.2. The van der Waals surface area contributed by atoms with Gasteiger partial charge in [-0.1, -0.05) is 49.7 Å². The number of carbonyl (C=O) groups is 2. The number of benzene rings is 3. The highest BCUT2D eigenvalue weighted by molar-refractivity contribution is 9.10. The number of ether oxygens (including phenoxy) is 2. The van der Waals surface area contributed by atoms with Crippen molar-refractivity contribution < 1.29 is 23.5 Å². The number of furan rings is 1. The first kappa shape index (κ1) is 23.8. The Morgan fingerprint density at radius 1 is 1.06 bits per heavy atom. The molecular weight excluding hydrogens is 498 g/mol. The summed E-state index contributed by atoms with van der Waals surface area (Å²) >= 11 is 3.56. The number of amides is 1. The van der Waals surface area contributed by atoms with Gasteiger partial charge in [-0.25, -0.2) is 4.79 Å². The van der Waals surface area contributed by atoms with Crippen molar-refractivity contribution in [2.75, 3.05) is 13.7 Å². The molecule has 3 aromatic carbocycles. The number of rotatable bonds is 9. The van der Waals surface area contributed by atoms with Crippen molar-refractivity contribution in [1.82, 2.24) is 5.32 Å². The third-order valence-corrected chi connectivity index (χ3v) is 6.48. The van der Waals surface area contributed by atoms with Crippen LogP contribution in [0.4, 0.5) is 0 Å². The highest BCUT2D eigenvalue weighted by atomic mass is 79.9. The molecule has 0 spiro atoms. The molecule has 1 N–H and O–H groups in total. The Balaban J connectivity index is 1.51. The van der Waals surface area contributed by atoms with E-state index in [1.54, 1.807) is 6.07 Å². The predicted octanol–water partition coefficient (Wildman–Crippen LogP) is 6.17. The molecule has 176 valence electrons. The summed E-state index contributed by atoms with van der Waals surface area (Å²) in [5, 5.41) is 5.83. The molecule has 7 heteroatoms. The Hall–Kier alpha value is -3.32. The Kier molecular flexibility index (Phi) is 7.53. The largest absolute Gasteiger partial charge is 0.481 e. The minimum Gasteiger partial charge on any atom is -0.481 e. The van der Waals surface area contributed by atoms with Gasteiger partial charge in [0.2, 0.25) is 0 Å². The molecule has 34 heavy (non-hydrogen) atoms. The van der Waals surface area contributed by atoms with E-state index in [0.717, 1.165) is 56.8 Å². The van der Waals surface area contributed by atoms with E-state index in [1.807, 2.05) is 48.5 Å². The Morgan fingerprint density at radius 2 is 1.88 bits per heavy atom. The lowest BCUT2D eigenvalue weighted by Gasteiger charge is -2.11. The molecular formula is C27H26BrNO5. The van der Waals surface area contributed by atoms with Gasteiger partial charge in [0, 0.05) is 18.4 Å². The summed E-state index contributed by atoms with van der Waals surface area (Å²) < 4.78 is 16.9. The summed E-state index contributed by atoms with van der Waals surface area (Å²) in [6.07, 6.45) is 2.73. The Morgan fingerprint density at radius 3 is 2.68 bits per heavy atom. The number of methoxy groups -OCH3 is 1. The third-order valence-electron chi connectivity index (χ3n) is 5.66. The van der Waals surface area contributed by atoms with Crippen LogP contribution in [0.2, 0.25) is 0 Å². The van der Waals surface area contributed by atoms with Crippen LogP contribution in [0.5, 0.6) is 5.75 Å². The van der Waals surface area contributed by atoms with Gasteiger partial charge in [-0.2, -0.15) is 0 Å². The first-order valence-corrected chi connectivity index (χ1v) is 12.0. The van der Waals surface area contributed by atoms with E-state index in [0.29, 0.717) is 17.9 Å². The zero-order valence-electron chi connectivity index (χ0n) is 19.2. The van der Waals surface area contributed by atoms with Crippen molar-refractivity contribution in [3.8, 4) is 5.75 Å². The first-order chi connectivity index (χ1) is 16.5. The summed E-state index contributed by atoms with van der Waals surface area (Å²) in [5.41, 5.74) is 2.33. The molecule has 0 radical (unpaired) electrons. The van der Waals surface area contributed by atoms with E-state index in [2.05, 4.69) is 32.9 Å². The topological polar surface area (TPSA) is 77.8 Å². The SMILES string of the molecule is CCCCc1oc2ccccc2c1C(=O)NCc1ccc2c(Br)c(OCC(=O)OC)ccc2c1. The normalized spacial score (nSPS) is 11.0. The second-order valence-corrected chi connectivity index (χ2v) is 8.77. The average Bonchev–Trinajstić information content (AvgIpc) is 3.23. The zero-order chi connectivity index (χ0) is 24.1. The number of hydrogen-bond donors (Lipinski definition) is 1. The summed E-state index contributed by atoms with van der Waals surface area (Å²) in [6.45, 7) is 2.35. The molecule has 0 aliphatic carbocycles. The van der Waals surface area contributed by atoms with Crippen LogP contribution in [0.25, 0.3) is 21.7 Å². The number of aryl methyl sites for hydroxylation is 1. The van der Waals surface area contributed by atoms with Crippen molar-refractivity contribution in [3.63, 3.8) is 0 Å². The minimum atomic E-state index is -0.443. The maximum absolute atomic E-state index is 13.2.